The number of imide groups is 1. The Morgan fingerprint density at radius 1 is 0.938 bits per heavy atom. The van der Waals surface area contributed by atoms with Crippen molar-refractivity contribution in [1.82, 2.24) is 40.9 Å². The number of halogens is 2. The molecule has 0 radical (unpaired) electrons. The van der Waals surface area contributed by atoms with Gasteiger partial charge in [-0.15, -0.1) is 11.3 Å². The standard InChI is InChI=1S/C56H68F2N9O12PS/c1-64-25-24-37-15-17-43(67(37)54(75)41(31-64)61-52(73)45-29-35-28-36(14-19-44(35)81-45)56(57,58)79-80(77)78)51(72)60-40(16-20-46(59)68)49(70)63-48(34-10-3-2-4-11-34)55(76)65-26-22-32(23-27-65)8-5-6-9-33-12-7-13-38-39(33)30-66(53(38)74)42-18-21-47(69)62-50(42)71/h7,12-14,19,28-29,32,34,37,40-43,48,77-78H,2-5,8,10-11,15-18,20-27,30-31H2,1H3,(H2,59,68)(H,60,72)(H,61,73)(H,63,70)(H,62,69,71)/t37-,40+,41+,42?,43+,48+/m1/s1. The molecule has 9 rings (SSSR count). The quantitative estimate of drug-likeness (QED) is 0.0579. The van der Waals surface area contributed by atoms with E-state index in [0.29, 0.717) is 67.6 Å². The van der Waals surface area contributed by atoms with Crippen molar-refractivity contribution in [2.75, 3.05) is 33.2 Å². The number of likely N-dealkylation sites (N-methyl/N-ethyl adjacent to an activating group) is 1. The molecular formula is C56H68F2N9O12PS. The highest BCUT2D eigenvalue weighted by Gasteiger charge is 2.47. The van der Waals surface area contributed by atoms with Gasteiger partial charge in [0.1, 0.15) is 30.2 Å². The number of alkyl halides is 2. The Bertz CT molecular complexity index is 3010. The fourth-order valence-electron chi connectivity index (χ4n) is 12.3. The molecule has 1 saturated carbocycles. The molecule has 1 aromatic heterocycles. The molecule has 21 nitrogen and oxygen atoms in total. The smallest absolute Gasteiger partial charge is 0.370 e. The van der Waals surface area contributed by atoms with E-state index < -0.39 is 92.0 Å². The van der Waals surface area contributed by atoms with Crippen LogP contribution in [0.5, 0.6) is 0 Å². The van der Waals surface area contributed by atoms with E-state index in [1.807, 2.05) is 11.0 Å². The largest absolute Gasteiger partial charge is 0.389 e. The zero-order chi connectivity index (χ0) is 57.7. The minimum Gasteiger partial charge on any atom is -0.370 e. The molecule has 5 fully saturated rings. The van der Waals surface area contributed by atoms with Crippen molar-refractivity contribution < 1.29 is 66.2 Å². The number of benzene rings is 2. The fourth-order valence-corrected chi connectivity index (χ4v) is 13.6. The molecule has 9 amide bonds. The van der Waals surface area contributed by atoms with Gasteiger partial charge in [-0.1, -0.05) is 37.2 Å². The number of hydrogen-bond acceptors (Lipinski definition) is 14. The Balaban J connectivity index is 0.822. The minimum absolute atomic E-state index is 0.0803. The maximum atomic E-state index is 14.6. The first-order valence-corrected chi connectivity index (χ1v) is 29.8. The van der Waals surface area contributed by atoms with Gasteiger partial charge in [0.25, 0.3) is 11.8 Å². The molecular weight excluding hydrogens is 1090 g/mol. The van der Waals surface area contributed by atoms with Crippen molar-refractivity contribution in [1.29, 1.82) is 0 Å². The van der Waals surface area contributed by atoms with Gasteiger partial charge in [0, 0.05) is 67.3 Å². The maximum absolute atomic E-state index is 14.6. The number of primary amides is 1. The number of piperidine rings is 2. The number of nitrogens with zero attached hydrogens (tertiary/aromatic N) is 4. The maximum Gasteiger partial charge on any atom is 0.389 e. The summed E-state index contributed by atoms with van der Waals surface area (Å²) in [5.41, 5.74) is 6.88. The number of rotatable bonds is 17. The van der Waals surface area contributed by atoms with Crippen LogP contribution in [-0.4, -0.2) is 152 Å². The highest BCUT2D eigenvalue weighted by atomic mass is 32.1. The van der Waals surface area contributed by atoms with Gasteiger partial charge in [0.05, 0.1) is 10.4 Å². The Labute approximate surface area is 472 Å². The van der Waals surface area contributed by atoms with Crippen LogP contribution in [0, 0.1) is 23.7 Å². The lowest BCUT2D eigenvalue weighted by atomic mass is 9.82. The third-order valence-corrected chi connectivity index (χ3v) is 18.2. The molecule has 81 heavy (non-hydrogen) atoms. The molecule has 6 atom stereocenters. The van der Waals surface area contributed by atoms with E-state index in [1.165, 1.54) is 21.9 Å². The Morgan fingerprint density at radius 3 is 2.43 bits per heavy atom. The Hall–Kier alpha value is -6.48. The number of nitrogens with one attached hydrogen (secondary N) is 4. The van der Waals surface area contributed by atoms with Gasteiger partial charge in [0.2, 0.25) is 41.4 Å². The third kappa shape index (κ3) is 13.9. The number of fused-ring (bicyclic) bond motifs is 3. The summed E-state index contributed by atoms with van der Waals surface area (Å²) in [6, 6.07) is 4.69. The van der Waals surface area contributed by atoms with Crippen LogP contribution in [0.4, 0.5) is 8.78 Å². The van der Waals surface area contributed by atoms with Gasteiger partial charge in [-0.3, -0.25) is 48.5 Å². The van der Waals surface area contributed by atoms with Crippen molar-refractivity contribution in [3.8, 4) is 11.8 Å². The van der Waals surface area contributed by atoms with E-state index in [2.05, 4.69) is 37.6 Å². The summed E-state index contributed by atoms with van der Waals surface area (Å²) >= 11 is 0.996. The SMILES string of the molecule is CN1CC[C@H]2CC[C@@H](C(=O)N[C@@H](CCC(N)=O)C(=O)N[C@H](C(=O)N3CCC(CCC#Cc4cccc5c4CN(C4CCC(=O)NC4=O)C5=O)CC3)C3CCCCC3)N2C(=O)[C@@H](NC(=O)c2cc3cc(C(F)(F)OP(O)O)ccc3s2)C1. The molecule has 4 saturated heterocycles. The summed E-state index contributed by atoms with van der Waals surface area (Å²) in [7, 11) is -1.57. The highest BCUT2D eigenvalue weighted by molar-refractivity contribution is 7.39. The summed E-state index contributed by atoms with van der Waals surface area (Å²) in [5, 5.41) is 11.2. The molecule has 3 aromatic rings. The van der Waals surface area contributed by atoms with E-state index in [4.69, 9.17) is 15.5 Å². The molecule has 434 valence electrons. The minimum atomic E-state index is -4.02. The number of hydrogen-bond donors (Lipinski definition) is 7. The lowest BCUT2D eigenvalue weighted by molar-refractivity contribution is -0.189. The topological polar surface area (TPSA) is 290 Å². The molecule has 2 aromatic carbocycles. The number of thiophene rings is 1. The van der Waals surface area contributed by atoms with Gasteiger partial charge in [0.15, 0.2) is 0 Å². The van der Waals surface area contributed by atoms with Crippen LogP contribution >= 0.6 is 19.9 Å². The van der Waals surface area contributed by atoms with Crippen molar-refractivity contribution >= 4 is 83.2 Å². The summed E-state index contributed by atoms with van der Waals surface area (Å²) in [6.07, 6.45) is 4.17. The first kappa shape index (κ1) is 59.2. The predicted octanol–water partition coefficient (Wildman–Crippen LogP) is 3.62. The van der Waals surface area contributed by atoms with Crippen LogP contribution in [0.2, 0.25) is 0 Å². The van der Waals surface area contributed by atoms with Crippen LogP contribution < -0.4 is 27.0 Å². The fraction of sp³-hybridized carbons (Fsp3) is 0.554. The molecule has 0 spiro atoms. The van der Waals surface area contributed by atoms with Gasteiger partial charge >= 0.3 is 14.7 Å². The zero-order valence-corrected chi connectivity index (χ0v) is 46.7. The molecule has 5 aliphatic heterocycles. The van der Waals surface area contributed by atoms with Crippen LogP contribution in [0.1, 0.15) is 139 Å². The number of amides is 9. The van der Waals surface area contributed by atoms with Gasteiger partial charge in [-0.05, 0) is 137 Å². The van der Waals surface area contributed by atoms with Gasteiger partial charge in [-0.2, -0.15) is 8.78 Å². The zero-order valence-electron chi connectivity index (χ0n) is 45.0. The van der Waals surface area contributed by atoms with Crippen LogP contribution in [-0.2, 0) is 50.7 Å². The number of likely N-dealkylation sites (tertiary alicyclic amines) is 1. The normalized spacial score (nSPS) is 23.0. The second kappa shape index (κ2) is 25.8. The van der Waals surface area contributed by atoms with Gasteiger partial charge < -0.3 is 51.1 Å². The van der Waals surface area contributed by atoms with E-state index >= 15 is 0 Å². The lowest BCUT2D eigenvalue weighted by Crippen LogP contribution is -2.62. The van der Waals surface area contributed by atoms with Crippen molar-refractivity contribution in [3.63, 3.8) is 0 Å². The molecule has 8 N–H and O–H groups in total. The first-order chi connectivity index (χ1) is 38.7. The molecule has 1 aliphatic carbocycles. The molecule has 0 bridgehead atoms. The monoisotopic (exact) mass is 1160 g/mol. The van der Waals surface area contributed by atoms with Crippen LogP contribution in [0.3, 0.4) is 0 Å². The number of carbonyl (C=O) groups excluding carboxylic acids is 9. The molecule has 1 unspecified atom stereocenters. The van der Waals surface area contributed by atoms with Crippen LogP contribution in [0.25, 0.3) is 10.1 Å². The van der Waals surface area contributed by atoms with Crippen LogP contribution in [0.15, 0.2) is 42.5 Å². The first-order valence-electron chi connectivity index (χ1n) is 27.8. The van der Waals surface area contributed by atoms with E-state index in [9.17, 15) is 51.9 Å². The molecule has 6 heterocycles. The number of carbonyl (C=O) groups is 9. The number of nitrogens with two attached hydrogens (primary N) is 1. The van der Waals surface area contributed by atoms with Crippen molar-refractivity contribution in [2.45, 2.75) is 152 Å². The summed E-state index contributed by atoms with van der Waals surface area (Å²) in [4.78, 5) is 147. The predicted molar refractivity (Wildman–Crippen MR) is 292 cm³/mol. The second-order valence-electron chi connectivity index (χ2n) is 22.1. The third-order valence-electron chi connectivity index (χ3n) is 16.7. The Morgan fingerprint density at radius 2 is 1.70 bits per heavy atom. The average molecular weight is 1160 g/mol. The van der Waals surface area contributed by atoms with E-state index in [1.54, 1.807) is 24.1 Å². The second-order valence-corrected chi connectivity index (χ2v) is 23.9. The van der Waals surface area contributed by atoms with Crippen molar-refractivity contribution in [2.24, 2.45) is 17.6 Å². The molecule has 6 aliphatic rings. The Kier molecular flexibility index (Phi) is 18.8. The summed E-state index contributed by atoms with van der Waals surface area (Å²) < 4.78 is 33.6. The summed E-state index contributed by atoms with van der Waals surface area (Å²) in [6.45, 7) is 1.76. The highest BCUT2D eigenvalue weighted by Crippen LogP contribution is 2.43. The lowest BCUT2D eigenvalue weighted by Gasteiger charge is -2.38. The molecule has 25 heteroatoms. The van der Waals surface area contributed by atoms with Gasteiger partial charge in [-0.25, -0.2) is 4.52 Å². The average Bonchev–Trinajstić information content (AvgIpc) is 4.18. The van der Waals surface area contributed by atoms with Crippen molar-refractivity contribution in [3.05, 3.63) is 69.6 Å². The van der Waals surface area contributed by atoms with E-state index in [0.717, 1.165) is 67.6 Å². The summed E-state index contributed by atoms with van der Waals surface area (Å²) in [5.74, 6) is 2.13. The van der Waals surface area contributed by atoms with E-state index in [-0.39, 0.29) is 85.0 Å².